The third kappa shape index (κ3) is 8.85. The number of alkyl halides is 3. The first-order valence-corrected chi connectivity index (χ1v) is 12.8. The first-order chi connectivity index (χ1) is 15.2. The van der Waals surface area contributed by atoms with Gasteiger partial charge in [-0.15, -0.1) is 0 Å². The van der Waals surface area contributed by atoms with Crippen LogP contribution in [0.5, 0.6) is 5.75 Å². The zero-order chi connectivity index (χ0) is 23.5. The van der Waals surface area contributed by atoms with Gasteiger partial charge in [-0.05, 0) is 41.7 Å². The lowest BCUT2D eigenvalue weighted by molar-refractivity contribution is -0.0500. The second-order valence-corrected chi connectivity index (χ2v) is 9.67. The molecule has 32 heavy (non-hydrogen) atoms. The van der Waals surface area contributed by atoms with Crippen LogP contribution in [0.25, 0.3) is 11.1 Å². The van der Waals surface area contributed by atoms with E-state index in [-0.39, 0.29) is 5.75 Å². The molecule has 0 fully saturated rings. The van der Waals surface area contributed by atoms with Gasteiger partial charge in [-0.1, -0.05) is 101 Å². The van der Waals surface area contributed by atoms with Crippen LogP contribution in [0.15, 0.2) is 48.5 Å². The standard InChI is InChI=1S/C25H33F3O3S/c1-2-3-4-5-6-7-8-9-10-11-12-21-13-15-22(16-14-21)23-17-19-24(20-18-23)31-32(29,30)25(26,27)28/h13-20H,2-12H2,1H3. The van der Waals surface area contributed by atoms with Gasteiger partial charge in [0.05, 0.1) is 0 Å². The largest absolute Gasteiger partial charge is 0.534 e. The van der Waals surface area contributed by atoms with E-state index >= 15 is 0 Å². The minimum absolute atomic E-state index is 0.372. The molecule has 0 heterocycles. The molecule has 0 aliphatic rings. The van der Waals surface area contributed by atoms with Crippen LogP contribution in [0.1, 0.15) is 76.7 Å². The Morgan fingerprint density at radius 2 is 1.12 bits per heavy atom. The molecule has 0 aromatic heterocycles. The summed E-state index contributed by atoms with van der Waals surface area (Å²) in [5.74, 6) is -0.372. The zero-order valence-electron chi connectivity index (χ0n) is 18.7. The summed E-state index contributed by atoms with van der Waals surface area (Å²) < 4.78 is 63.5. The Bertz CT molecular complexity index is 890. The fourth-order valence-corrected chi connectivity index (χ4v) is 4.02. The first kappa shape index (κ1) is 26.2. The molecule has 2 aromatic carbocycles. The number of halogens is 3. The van der Waals surface area contributed by atoms with Gasteiger partial charge >= 0.3 is 15.6 Å². The molecule has 0 amide bonds. The van der Waals surface area contributed by atoms with Crippen molar-refractivity contribution in [1.29, 1.82) is 0 Å². The van der Waals surface area contributed by atoms with Crippen molar-refractivity contribution >= 4 is 10.1 Å². The highest BCUT2D eigenvalue weighted by molar-refractivity contribution is 7.88. The highest BCUT2D eigenvalue weighted by atomic mass is 32.2. The van der Waals surface area contributed by atoms with E-state index in [1.807, 2.05) is 12.1 Å². The lowest BCUT2D eigenvalue weighted by Gasteiger charge is -2.10. The summed E-state index contributed by atoms with van der Waals surface area (Å²) in [6, 6.07) is 13.6. The summed E-state index contributed by atoms with van der Waals surface area (Å²) in [6.45, 7) is 2.24. The average Bonchev–Trinajstić information content (AvgIpc) is 2.75. The van der Waals surface area contributed by atoms with E-state index in [9.17, 15) is 21.6 Å². The van der Waals surface area contributed by atoms with E-state index in [0.29, 0.717) is 0 Å². The summed E-state index contributed by atoms with van der Waals surface area (Å²) in [5.41, 5.74) is -2.52. The van der Waals surface area contributed by atoms with Gasteiger partial charge < -0.3 is 4.18 Å². The highest BCUT2D eigenvalue weighted by Crippen LogP contribution is 2.29. The SMILES string of the molecule is CCCCCCCCCCCCc1ccc(-c2ccc(OS(=O)(=O)C(F)(F)F)cc2)cc1. The average molecular weight is 471 g/mol. The van der Waals surface area contributed by atoms with Gasteiger partial charge in [0.1, 0.15) is 5.75 Å². The second-order valence-electron chi connectivity index (χ2n) is 8.14. The van der Waals surface area contributed by atoms with E-state index in [4.69, 9.17) is 0 Å². The molecule has 0 N–H and O–H groups in total. The Labute approximate surface area is 190 Å². The van der Waals surface area contributed by atoms with Crippen molar-refractivity contribution in [3.63, 3.8) is 0 Å². The van der Waals surface area contributed by atoms with Crippen molar-refractivity contribution in [3.8, 4) is 16.9 Å². The fourth-order valence-electron chi connectivity index (χ4n) is 3.56. The number of benzene rings is 2. The van der Waals surface area contributed by atoms with Gasteiger partial charge in [0, 0.05) is 0 Å². The Hall–Kier alpha value is -2.02. The van der Waals surface area contributed by atoms with Gasteiger partial charge in [0.25, 0.3) is 0 Å². The molecule has 0 bridgehead atoms. The lowest BCUT2D eigenvalue weighted by atomic mass is 10.0. The molecule has 3 nitrogen and oxygen atoms in total. The summed E-state index contributed by atoms with van der Waals surface area (Å²) in [5, 5.41) is 0. The zero-order valence-corrected chi connectivity index (χ0v) is 19.5. The Morgan fingerprint density at radius 1 is 0.688 bits per heavy atom. The molecule has 0 aliphatic heterocycles. The van der Waals surface area contributed by atoms with Crippen LogP contribution in [-0.2, 0) is 16.5 Å². The summed E-state index contributed by atoms with van der Waals surface area (Å²) >= 11 is 0. The predicted octanol–water partition coefficient (Wildman–Crippen LogP) is 8.05. The monoisotopic (exact) mass is 470 g/mol. The molecular weight excluding hydrogens is 437 g/mol. The van der Waals surface area contributed by atoms with Gasteiger partial charge in [-0.3, -0.25) is 0 Å². The molecule has 0 spiro atoms. The second kappa shape index (κ2) is 12.9. The number of rotatable bonds is 14. The van der Waals surface area contributed by atoms with Gasteiger partial charge in [0.15, 0.2) is 0 Å². The first-order valence-electron chi connectivity index (χ1n) is 11.4. The maximum atomic E-state index is 12.4. The maximum absolute atomic E-state index is 12.4. The van der Waals surface area contributed by atoms with Gasteiger partial charge in [0.2, 0.25) is 0 Å². The smallest absolute Gasteiger partial charge is 0.376 e. The van der Waals surface area contributed by atoms with Crippen LogP contribution in [0.2, 0.25) is 0 Å². The van der Waals surface area contributed by atoms with E-state index < -0.39 is 15.6 Å². The van der Waals surface area contributed by atoms with Crippen molar-refractivity contribution in [3.05, 3.63) is 54.1 Å². The quantitative estimate of drug-likeness (QED) is 0.159. The number of hydrogen-bond donors (Lipinski definition) is 0. The maximum Gasteiger partial charge on any atom is 0.534 e. The summed E-state index contributed by atoms with van der Waals surface area (Å²) in [7, 11) is -5.66. The van der Waals surface area contributed by atoms with Crippen LogP contribution in [0.4, 0.5) is 13.2 Å². The molecule has 7 heteroatoms. The third-order valence-corrected chi connectivity index (χ3v) is 6.43. The molecule has 0 atom stereocenters. The normalized spacial score (nSPS) is 12.1. The van der Waals surface area contributed by atoms with Crippen molar-refractivity contribution in [2.45, 2.75) is 83.1 Å². The van der Waals surface area contributed by atoms with E-state index in [2.05, 4.69) is 23.2 Å². The molecule has 0 unspecified atom stereocenters. The molecule has 0 radical (unpaired) electrons. The molecule has 0 saturated heterocycles. The van der Waals surface area contributed by atoms with Crippen molar-refractivity contribution in [2.24, 2.45) is 0 Å². The summed E-state index contributed by atoms with van der Waals surface area (Å²) in [4.78, 5) is 0. The number of unbranched alkanes of at least 4 members (excludes halogenated alkanes) is 9. The van der Waals surface area contributed by atoms with Crippen LogP contribution in [0.3, 0.4) is 0 Å². The Kier molecular flexibility index (Phi) is 10.6. The van der Waals surface area contributed by atoms with Crippen LogP contribution < -0.4 is 4.18 Å². The number of aryl methyl sites for hydroxylation is 1. The molecule has 178 valence electrons. The van der Waals surface area contributed by atoms with Crippen molar-refractivity contribution < 1.29 is 25.8 Å². The molecule has 2 rings (SSSR count). The van der Waals surface area contributed by atoms with E-state index in [0.717, 1.165) is 24.0 Å². The van der Waals surface area contributed by atoms with Gasteiger partial charge in [-0.25, -0.2) is 0 Å². The van der Waals surface area contributed by atoms with E-state index in [1.54, 1.807) is 12.1 Å². The minimum Gasteiger partial charge on any atom is -0.376 e. The molecular formula is C25H33F3O3S. The molecule has 2 aromatic rings. The van der Waals surface area contributed by atoms with Crippen molar-refractivity contribution in [1.82, 2.24) is 0 Å². The highest BCUT2D eigenvalue weighted by Gasteiger charge is 2.48. The lowest BCUT2D eigenvalue weighted by Crippen LogP contribution is -2.28. The fraction of sp³-hybridized carbons (Fsp3) is 0.520. The van der Waals surface area contributed by atoms with Crippen LogP contribution in [-0.4, -0.2) is 13.9 Å². The van der Waals surface area contributed by atoms with Crippen molar-refractivity contribution in [2.75, 3.05) is 0 Å². The Morgan fingerprint density at radius 3 is 1.59 bits per heavy atom. The Balaban J connectivity index is 1.73. The molecule has 0 saturated carbocycles. The number of hydrogen-bond acceptors (Lipinski definition) is 3. The third-order valence-electron chi connectivity index (χ3n) is 5.45. The van der Waals surface area contributed by atoms with E-state index in [1.165, 1.54) is 75.5 Å². The minimum atomic E-state index is -5.66. The van der Waals surface area contributed by atoms with Gasteiger partial charge in [-0.2, -0.15) is 21.6 Å². The molecule has 0 aliphatic carbocycles. The topological polar surface area (TPSA) is 43.4 Å². The predicted molar refractivity (Wildman–Crippen MR) is 123 cm³/mol. The van der Waals surface area contributed by atoms with Crippen LogP contribution in [0, 0.1) is 0 Å². The van der Waals surface area contributed by atoms with Crippen LogP contribution >= 0.6 is 0 Å². The summed E-state index contributed by atoms with van der Waals surface area (Å²) in [6.07, 6.45) is 14.1.